The quantitative estimate of drug-likeness (QED) is 0.0821. The lowest BCUT2D eigenvalue weighted by atomic mass is 10.1. The van der Waals surface area contributed by atoms with Crippen LogP contribution in [0.2, 0.25) is 0 Å². The van der Waals surface area contributed by atoms with Crippen LogP contribution in [0.5, 0.6) is 0 Å². The molecule has 1 aliphatic heterocycles. The van der Waals surface area contributed by atoms with Gasteiger partial charge in [-0.3, -0.25) is 18.2 Å². The second-order valence-electron chi connectivity index (χ2n) is 8.20. The average molecular weight is 748 g/mol. The number of rotatable bonds is 13. The summed E-state index contributed by atoms with van der Waals surface area (Å²) in [5, 5.41) is 27.3. The summed E-state index contributed by atoms with van der Waals surface area (Å²) in [4.78, 5) is 51.1. The number of phosphoric acid groups is 1. The van der Waals surface area contributed by atoms with Crippen LogP contribution < -0.4 is 10.6 Å². The van der Waals surface area contributed by atoms with Crippen molar-refractivity contribution in [3.05, 3.63) is 6.33 Å². The Balaban J connectivity index is 1.83. The lowest BCUT2D eigenvalue weighted by molar-refractivity contribution is -0.0492. The van der Waals surface area contributed by atoms with Crippen molar-refractivity contribution >= 4 is 77.8 Å². The Morgan fingerprint density at radius 1 is 1.15 bits per heavy atom. The van der Waals surface area contributed by atoms with Crippen molar-refractivity contribution in [2.45, 2.75) is 47.0 Å². The molecule has 0 saturated carbocycles. The van der Waals surface area contributed by atoms with E-state index in [9.17, 15) is 43.5 Å². The number of imidazole rings is 1. The van der Waals surface area contributed by atoms with Crippen LogP contribution >= 0.6 is 54.9 Å². The van der Waals surface area contributed by atoms with Gasteiger partial charge in [0, 0.05) is 13.6 Å². The van der Waals surface area contributed by atoms with Gasteiger partial charge in [-0.05, 0) is 38.3 Å². The van der Waals surface area contributed by atoms with Gasteiger partial charge in [-0.2, -0.15) is 0 Å². The van der Waals surface area contributed by atoms with Crippen LogP contribution in [0.25, 0.3) is 11.2 Å². The van der Waals surface area contributed by atoms with E-state index in [1.165, 1.54) is 10.9 Å². The average Bonchev–Trinajstić information content (AvgIpc) is 3.33. The lowest BCUT2D eigenvalue weighted by Gasteiger charge is -2.27. The largest absolute Gasteiger partial charge is 0.479 e. The molecule has 2 unspecified atom stereocenters. The van der Waals surface area contributed by atoms with Crippen LogP contribution in [0.1, 0.15) is 26.0 Å². The van der Waals surface area contributed by atoms with Gasteiger partial charge in [0.15, 0.2) is 23.2 Å². The molecule has 0 spiro atoms. The Morgan fingerprint density at radius 3 is 2.41 bits per heavy atom. The Hall–Kier alpha value is -0.560. The summed E-state index contributed by atoms with van der Waals surface area (Å²) in [5.74, 6) is 0.607. The highest BCUT2D eigenvalue weighted by atomic mass is 79.9. The molecular weight excluding hydrogens is 721 g/mol. The number of hydrogen-bond acceptors (Lipinski definition) is 13. The van der Waals surface area contributed by atoms with Crippen LogP contribution in [0.4, 0.5) is 11.8 Å². The molecule has 0 bridgehead atoms. The van der Waals surface area contributed by atoms with E-state index in [-0.39, 0.29) is 11.6 Å². The summed E-state index contributed by atoms with van der Waals surface area (Å²) in [6, 6.07) is 0. The molecule has 0 amide bonds. The van der Waals surface area contributed by atoms with Crippen LogP contribution in [0.15, 0.2) is 6.33 Å². The molecule has 1 fully saturated rings. The van der Waals surface area contributed by atoms with Crippen molar-refractivity contribution in [1.29, 1.82) is 0 Å². The minimum absolute atomic E-state index is 0.229. The maximum Gasteiger partial charge on any atom is 0.479 e. The Bertz CT molecular complexity index is 1330. The molecule has 2 aromatic rings. The van der Waals surface area contributed by atoms with E-state index in [1.807, 2.05) is 6.92 Å². The molecule has 0 radical (unpaired) electrons. The minimum Gasteiger partial charge on any atom is -0.387 e. The topological polar surface area (TPSA) is 268 Å². The summed E-state index contributed by atoms with van der Waals surface area (Å²) < 4.78 is 49.0. The van der Waals surface area contributed by atoms with Gasteiger partial charge in [-0.1, -0.05) is 13.3 Å². The van der Waals surface area contributed by atoms with E-state index < -0.39 is 56.9 Å². The Kier molecular flexibility index (Phi) is 10.4. The Morgan fingerprint density at radius 2 is 1.82 bits per heavy atom. The van der Waals surface area contributed by atoms with E-state index >= 15 is 0 Å². The van der Waals surface area contributed by atoms with Gasteiger partial charge in [0.1, 0.15) is 24.6 Å². The summed E-state index contributed by atoms with van der Waals surface area (Å²) in [5.41, 5.74) is 0.556. The summed E-state index contributed by atoms with van der Waals surface area (Å²) in [6.45, 7) is 1.54. The van der Waals surface area contributed by atoms with Crippen molar-refractivity contribution in [1.82, 2.24) is 19.5 Å². The van der Waals surface area contributed by atoms with Gasteiger partial charge < -0.3 is 45.2 Å². The fourth-order valence-corrected chi connectivity index (χ4v) is 8.31. The second-order valence-corrected chi connectivity index (χ2v) is 19.8. The number of ether oxygens (including phenoxy) is 1. The van der Waals surface area contributed by atoms with Gasteiger partial charge in [-0.15, -0.1) is 0 Å². The minimum atomic E-state index is -5.60. The van der Waals surface area contributed by atoms with E-state index in [2.05, 4.69) is 66.3 Å². The van der Waals surface area contributed by atoms with Crippen LogP contribution in [0.3, 0.4) is 0 Å². The third-order valence-electron chi connectivity index (χ3n) is 5.43. The number of aliphatic hydroxyl groups excluding tert-OH is 2. The second kappa shape index (κ2) is 12.4. The summed E-state index contributed by atoms with van der Waals surface area (Å²) in [7, 11) is -14.9. The standard InChI is InChI=1S/C16H27Br2N6O12P3/c1-3-4-5-20-15-23-9-12(19-2)21-7-22-13(9)24(15)14-11(26)10(25)8(35-14)6-34-39(32,33)36-38(30,31)16(17,18)37(27,28)29/h7-8,10-11,14,25-26H,3-6H2,1-2H3,(H,20,23)(H,30,31)(H,32,33)(H,19,21,22)(H2,27,28,29)/t8-,10-,11-,14-/m1/s1. The van der Waals surface area contributed by atoms with Crippen molar-refractivity contribution in [3.8, 4) is 0 Å². The van der Waals surface area contributed by atoms with Crippen LogP contribution in [-0.4, -0.2) is 90.5 Å². The van der Waals surface area contributed by atoms with E-state index in [0.29, 0.717) is 17.9 Å². The molecule has 18 nitrogen and oxygen atoms in total. The third-order valence-corrected chi connectivity index (χ3v) is 16.0. The first kappa shape index (κ1) is 32.9. The molecule has 1 aliphatic rings. The number of halogens is 2. The fourth-order valence-electron chi connectivity index (χ4n) is 3.46. The Labute approximate surface area is 238 Å². The molecule has 6 atom stereocenters. The molecule has 1 saturated heterocycles. The number of alkyl halides is 2. The van der Waals surface area contributed by atoms with Gasteiger partial charge in [0.05, 0.1) is 6.61 Å². The number of unbranched alkanes of at least 4 members (excludes halogenated alkanes) is 1. The predicted octanol–water partition coefficient (Wildman–Crippen LogP) is 1.60. The first-order valence-electron chi connectivity index (χ1n) is 11.1. The number of anilines is 2. The number of aliphatic hydroxyl groups is 2. The first-order chi connectivity index (χ1) is 18.0. The number of fused-ring (bicyclic) bond motifs is 1. The summed E-state index contributed by atoms with van der Waals surface area (Å²) in [6.07, 6.45) is -3.20. The normalized spacial score (nSPS) is 25.4. The molecule has 39 heavy (non-hydrogen) atoms. The van der Waals surface area contributed by atoms with E-state index in [0.717, 1.165) is 12.8 Å². The highest BCUT2D eigenvalue weighted by molar-refractivity contribution is 9.29. The highest BCUT2D eigenvalue weighted by Gasteiger charge is 2.61. The number of nitrogens with zero attached hydrogens (tertiary/aromatic N) is 4. The molecule has 3 rings (SSSR count). The molecule has 222 valence electrons. The van der Waals surface area contributed by atoms with Gasteiger partial charge >= 0.3 is 23.0 Å². The van der Waals surface area contributed by atoms with E-state index in [1.54, 1.807) is 7.05 Å². The SMILES string of the molecule is CCCCNc1nc2c(NC)ncnc2n1[C@@H]1O[C@H](COP(=O)(O)OP(=O)(O)C(Br)(Br)P(=O)(O)O)[C@@H](O)[C@H]1O. The van der Waals surface area contributed by atoms with Gasteiger partial charge in [0.25, 0.3) is 2.72 Å². The molecule has 23 heteroatoms. The number of nitrogens with one attached hydrogen (secondary N) is 2. The molecule has 8 N–H and O–H groups in total. The van der Waals surface area contributed by atoms with E-state index in [4.69, 9.17) is 4.74 Å². The maximum atomic E-state index is 12.3. The molecule has 2 aromatic heterocycles. The van der Waals surface area contributed by atoms with Crippen LogP contribution in [0, 0.1) is 0 Å². The molecule has 3 heterocycles. The monoisotopic (exact) mass is 746 g/mol. The first-order valence-corrected chi connectivity index (χ1v) is 17.4. The smallest absolute Gasteiger partial charge is 0.387 e. The zero-order valence-electron chi connectivity index (χ0n) is 20.2. The molecule has 0 aromatic carbocycles. The van der Waals surface area contributed by atoms with Crippen molar-refractivity contribution in [3.63, 3.8) is 0 Å². The fraction of sp³-hybridized carbons (Fsp3) is 0.688. The number of phosphoric ester groups is 1. The number of aromatic nitrogens is 4. The molecular formula is C16H27Br2N6O12P3. The maximum absolute atomic E-state index is 12.3. The predicted molar refractivity (Wildman–Crippen MR) is 144 cm³/mol. The van der Waals surface area contributed by atoms with Crippen molar-refractivity contribution in [2.75, 3.05) is 30.8 Å². The van der Waals surface area contributed by atoms with Crippen molar-refractivity contribution < 1.29 is 57.1 Å². The zero-order chi connectivity index (χ0) is 29.4. The van der Waals surface area contributed by atoms with Gasteiger partial charge in [0.2, 0.25) is 5.95 Å². The summed E-state index contributed by atoms with van der Waals surface area (Å²) >= 11 is 4.60. The van der Waals surface area contributed by atoms with Gasteiger partial charge in [-0.25, -0.2) is 23.8 Å². The zero-order valence-corrected chi connectivity index (χ0v) is 26.1. The third kappa shape index (κ3) is 6.92. The number of hydrogen-bond donors (Lipinski definition) is 8. The van der Waals surface area contributed by atoms with Crippen LogP contribution in [-0.2, 0) is 27.3 Å². The highest BCUT2D eigenvalue weighted by Crippen LogP contribution is 2.81. The van der Waals surface area contributed by atoms with Crippen molar-refractivity contribution in [2.24, 2.45) is 0 Å². The lowest BCUT2D eigenvalue weighted by Crippen LogP contribution is -2.34. The molecule has 0 aliphatic carbocycles.